The average Bonchev–Trinajstić information content (AvgIpc) is 2.88. The van der Waals surface area contributed by atoms with Crippen molar-refractivity contribution < 1.29 is 14.3 Å². The Morgan fingerprint density at radius 2 is 1.96 bits per heavy atom. The molecule has 0 aliphatic heterocycles. The van der Waals surface area contributed by atoms with E-state index in [1.54, 1.807) is 25.1 Å². The molecule has 0 aliphatic rings. The molecule has 25 heavy (non-hydrogen) atoms. The van der Waals surface area contributed by atoms with Gasteiger partial charge in [0.1, 0.15) is 0 Å². The van der Waals surface area contributed by atoms with E-state index in [2.05, 4.69) is 10.2 Å². The first-order chi connectivity index (χ1) is 11.8. The first kappa shape index (κ1) is 19.1. The van der Waals surface area contributed by atoms with Crippen molar-refractivity contribution in [2.24, 2.45) is 5.73 Å². The lowest BCUT2D eigenvalue weighted by molar-refractivity contribution is -0.142. The Morgan fingerprint density at radius 1 is 1.24 bits per heavy atom. The van der Waals surface area contributed by atoms with Crippen LogP contribution in [0.25, 0.3) is 0 Å². The highest BCUT2D eigenvalue weighted by Crippen LogP contribution is 2.32. The van der Waals surface area contributed by atoms with Gasteiger partial charge in [0.25, 0.3) is 5.56 Å². The summed E-state index contributed by atoms with van der Waals surface area (Å²) in [5.41, 5.74) is 6.06. The Kier molecular flexibility index (Phi) is 6.27. The number of carbonyl (C=O) groups is 2. The summed E-state index contributed by atoms with van der Waals surface area (Å²) < 4.78 is 4.91. The molecule has 1 aromatic heterocycles. The Labute approximate surface area is 153 Å². The van der Waals surface area contributed by atoms with Crippen molar-refractivity contribution in [2.75, 3.05) is 6.61 Å². The molecule has 2 rings (SSSR count). The number of esters is 1. The second-order valence-electron chi connectivity index (χ2n) is 5.35. The van der Waals surface area contributed by atoms with Gasteiger partial charge in [-0.2, -0.15) is 0 Å². The van der Waals surface area contributed by atoms with Crippen molar-refractivity contribution in [2.45, 2.75) is 25.7 Å². The number of amides is 1. The summed E-state index contributed by atoms with van der Waals surface area (Å²) in [7, 11) is 0. The van der Waals surface area contributed by atoms with Gasteiger partial charge < -0.3 is 15.6 Å². The standard InChI is InChI=1S/C16H17Cl2N3O4/c1-2-25-14(23)7-12-15(16(24)21-20-12)9(6-13(19)22)8-3-4-10(17)11(18)5-8/h3-5,9H,2,6-7H2,1H3,(H2,19,22)(H2,20,21,24). The van der Waals surface area contributed by atoms with Gasteiger partial charge >= 0.3 is 5.97 Å². The molecule has 0 aliphatic carbocycles. The first-order valence-electron chi connectivity index (χ1n) is 7.51. The minimum Gasteiger partial charge on any atom is -0.466 e. The molecule has 1 amide bonds. The van der Waals surface area contributed by atoms with Crippen LogP contribution >= 0.6 is 23.2 Å². The van der Waals surface area contributed by atoms with Gasteiger partial charge in [0.15, 0.2) is 0 Å². The summed E-state index contributed by atoms with van der Waals surface area (Å²) in [6, 6.07) is 4.79. The number of rotatable bonds is 7. The zero-order chi connectivity index (χ0) is 18.6. The van der Waals surface area contributed by atoms with E-state index in [0.29, 0.717) is 16.3 Å². The summed E-state index contributed by atoms with van der Waals surface area (Å²) in [5, 5.41) is 5.73. The lowest BCUT2D eigenvalue weighted by Crippen LogP contribution is -2.22. The van der Waals surface area contributed by atoms with E-state index in [-0.39, 0.29) is 30.0 Å². The Bertz CT molecular complexity index is 844. The van der Waals surface area contributed by atoms with Gasteiger partial charge in [-0.15, -0.1) is 0 Å². The summed E-state index contributed by atoms with van der Waals surface area (Å²) in [6.45, 7) is 1.91. The van der Waals surface area contributed by atoms with E-state index in [1.807, 2.05) is 0 Å². The molecule has 1 heterocycles. The monoisotopic (exact) mass is 385 g/mol. The minimum absolute atomic E-state index is 0.130. The second-order valence-corrected chi connectivity index (χ2v) is 6.16. The molecule has 1 aromatic carbocycles. The van der Waals surface area contributed by atoms with Gasteiger partial charge in [0.2, 0.25) is 5.91 Å². The number of ether oxygens (including phenoxy) is 1. The van der Waals surface area contributed by atoms with E-state index in [9.17, 15) is 14.4 Å². The predicted molar refractivity (Wildman–Crippen MR) is 93.9 cm³/mol. The fraction of sp³-hybridized carbons (Fsp3) is 0.312. The van der Waals surface area contributed by atoms with Crippen molar-refractivity contribution >= 4 is 35.1 Å². The molecule has 7 nitrogen and oxygen atoms in total. The molecule has 0 radical (unpaired) electrons. The molecule has 134 valence electrons. The molecule has 0 fully saturated rings. The van der Waals surface area contributed by atoms with Crippen LogP contribution in [0.2, 0.25) is 10.0 Å². The third-order valence-corrected chi connectivity index (χ3v) is 4.36. The molecular weight excluding hydrogens is 369 g/mol. The molecule has 9 heteroatoms. The van der Waals surface area contributed by atoms with Crippen LogP contribution < -0.4 is 11.3 Å². The molecule has 4 N–H and O–H groups in total. The van der Waals surface area contributed by atoms with Crippen molar-refractivity contribution in [3.63, 3.8) is 0 Å². The van der Waals surface area contributed by atoms with Crippen molar-refractivity contribution in [1.29, 1.82) is 0 Å². The van der Waals surface area contributed by atoms with Crippen molar-refractivity contribution in [3.05, 3.63) is 55.4 Å². The molecule has 1 unspecified atom stereocenters. The fourth-order valence-corrected chi connectivity index (χ4v) is 2.89. The largest absolute Gasteiger partial charge is 0.466 e. The molecule has 0 spiro atoms. The van der Waals surface area contributed by atoms with Crippen LogP contribution in [0.5, 0.6) is 0 Å². The van der Waals surface area contributed by atoms with Gasteiger partial charge in [-0.25, -0.2) is 0 Å². The summed E-state index contributed by atoms with van der Waals surface area (Å²) in [6.07, 6.45) is -0.271. The number of hydrogen-bond donors (Lipinski definition) is 3. The lowest BCUT2D eigenvalue weighted by Gasteiger charge is -2.16. The molecular formula is C16H17Cl2N3O4. The number of carbonyl (C=O) groups excluding carboxylic acids is 2. The predicted octanol–water partition coefficient (Wildman–Crippen LogP) is 2.12. The Balaban J connectivity index is 2.49. The molecule has 0 saturated carbocycles. The van der Waals surface area contributed by atoms with Crippen LogP contribution in [0.15, 0.2) is 23.0 Å². The molecule has 1 atom stereocenters. The maximum absolute atomic E-state index is 12.3. The van der Waals surface area contributed by atoms with Gasteiger partial charge in [0.05, 0.1) is 28.8 Å². The van der Waals surface area contributed by atoms with E-state index in [1.165, 1.54) is 0 Å². The summed E-state index contributed by atoms with van der Waals surface area (Å²) >= 11 is 12.0. The van der Waals surface area contributed by atoms with E-state index >= 15 is 0 Å². The maximum Gasteiger partial charge on any atom is 0.311 e. The maximum atomic E-state index is 12.3. The van der Waals surface area contributed by atoms with Crippen LogP contribution in [0.1, 0.15) is 36.1 Å². The summed E-state index contributed by atoms with van der Waals surface area (Å²) in [5.74, 6) is -1.77. The number of halogens is 2. The Hall–Kier alpha value is -2.25. The number of nitrogens with one attached hydrogen (secondary N) is 2. The molecule has 0 saturated heterocycles. The zero-order valence-electron chi connectivity index (χ0n) is 13.4. The SMILES string of the molecule is CCOC(=O)Cc1[nH][nH]c(=O)c1C(CC(N)=O)c1ccc(Cl)c(Cl)c1. The molecule has 0 bridgehead atoms. The number of aromatic nitrogens is 2. The zero-order valence-corrected chi connectivity index (χ0v) is 14.9. The third-order valence-electron chi connectivity index (χ3n) is 3.62. The van der Waals surface area contributed by atoms with Gasteiger partial charge in [-0.1, -0.05) is 29.3 Å². The third kappa shape index (κ3) is 4.64. The highest BCUT2D eigenvalue weighted by Gasteiger charge is 2.26. The topological polar surface area (TPSA) is 118 Å². The number of benzene rings is 1. The minimum atomic E-state index is -0.674. The highest BCUT2D eigenvalue weighted by molar-refractivity contribution is 6.42. The van der Waals surface area contributed by atoms with Crippen LogP contribution in [0.4, 0.5) is 0 Å². The van der Waals surface area contributed by atoms with Crippen LogP contribution in [0, 0.1) is 0 Å². The quantitative estimate of drug-likeness (QED) is 0.632. The fourth-order valence-electron chi connectivity index (χ4n) is 2.59. The summed E-state index contributed by atoms with van der Waals surface area (Å²) in [4.78, 5) is 35.6. The Morgan fingerprint density at radius 3 is 2.56 bits per heavy atom. The van der Waals surface area contributed by atoms with E-state index in [0.717, 1.165) is 0 Å². The normalized spacial score (nSPS) is 12.0. The molecule has 2 aromatic rings. The van der Waals surface area contributed by atoms with Gasteiger partial charge in [-0.05, 0) is 24.6 Å². The average molecular weight is 386 g/mol. The highest BCUT2D eigenvalue weighted by atomic mass is 35.5. The number of hydrogen-bond acceptors (Lipinski definition) is 4. The second kappa shape index (κ2) is 8.22. The van der Waals surface area contributed by atoms with Crippen molar-refractivity contribution in [1.82, 2.24) is 10.2 Å². The van der Waals surface area contributed by atoms with Gasteiger partial charge in [-0.3, -0.25) is 19.5 Å². The van der Waals surface area contributed by atoms with Crippen LogP contribution in [-0.4, -0.2) is 28.7 Å². The number of nitrogens with two attached hydrogens (primary N) is 1. The number of H-pyrrole nitrogens is 2. The van der Waals surface area contributed by atoms with Crippen molar-refractivity contribution in [3.8, 4) is 0 Å². The number of primary amides is 1. The van der Waals surface area contributed by atoms with Crippen LogP contribution in [0.3, 0.4) is 0 Å². The number of aromatic amines is 2. The van der Waals surface area contributed by atoms with E-state index in [4.69, 9.17) is 33.7 Å². The van der Waals surface area contributed by atoms with E-state index < -0.39 is 23.4 Å². The first-order valence-corrected chi connectivity index (χ1v) is 8.27. The van der Waals surface area contributed by atoms with Crippen LogP contribution in [-0.2, 0) is 20.7 Å². The lowest BCUT2D eigenvalue weighted by atomic mass is 9.87. The smallest absolute Gasteiger partial charge is 0.311 e. The van der Waals surface area contributed by atoms with Gasteiger partial charge in [0, 0.05) is 17.9 Å².